The Balaban J connectivity index is 2.21. The van der Waals surface area contributed by atoms with Crippen molar-refractivity contribution in [3.63, 3.8) is 0 Å². The number of ether oxygens (including phenoxy) is 1. The van der Waals surface area contributed by atoms with Gasteiger partial charge in [0.15, 0.2) is 0 Å². The zero-order valence-electron chi connectivity index (χ0n) is 13.5. The molecule has 0 atom stereocenters. The minimum atomic E-state index is -0.500. The molecule has 0 saturated carbocycles. The van der Waals surface area contributed by atoms with Crippen LogP contribution in [0.4, 0.5) is 4.79 Å². The second-order valence-corrected chi connectivity index (χ2v) is 6.46. The van der Waals surface area contributed by atoms with E-state index >= 15 is 0 Å². The third-order valence-corrected chi connectivity index (χ3v) is 3.36. The molecule has 1 aromatic heterocycles. The largest absolute Gasteiger partial charge is 0.443 e. The van der Waals surface area contributed by atoms with Crippen molar-refractivity contribution in [1.29, 1.82) is 0 Å². The van der Waals surface area contributed by atoms with Crippen molar-refractivity contribution in [3.8, 4) is 0 Å². The number of rotatable bonds is 2. The molecule has 0 bridgehead atoms. The molecule has 22 heavy (non-hydrogen) atoms. The van der Waals surface area contributed by atoms with Gasteiger partial charge < -0.3 is 9.84 Å². The fraction of sp³-hybridized carbons (Fsp3) is 0.529. The molecule has 5 heteroatoms. The van der Waals surface area contributed by atoms with Crippen LogP contribution in [-0.4, -0.2) is 33.2 Å². The van der Waals surface area contributed by atoms with Crippen LogP contribution in [0.5, 0.6) is 0 Å². The van der Waals surface area contributed by atoms with Gasteiger partial charge in [-0.3, -0.25) is 9.88 Å². The standard InChI is InChI=1S/C17H24N2O3/c1-17(2,3)22-16(21)19-9-5-4-6-15(19)11-13-7-8-18-14(10-13)12-20/h7-8,10-11,20H,4-6,9,12H2,1-3H3. The summed E-state index contributed by atoms with van der Waals surface area (Å²) < 4.78 is 5.48. The Kier molecular flexibility index (Phi) is 5.19. The number of aliphatic hydroxyl groups is 1. The third kappa shape index (κ3) is 4.56. The predicted octanol–water partition coefficient (Wildman–Crippen LogP) is 3.34. The molecule has 120 valence electrons. The normalized spacial score (nSPS) is 17.6. The van der Waals surface area contributed by atoms with Crippen molar-refractivity contribution < 1.29 is 14.6 Å². The van der Waals surface area contributed by atoms with E-state index in [2.05, 4.69) is 4.98 Å². The first-order valence-corrected chi connectivity index (χ1v) is 7.66. The van der Waals surface area contributed by atoms with Gasteiger partial charge in [-0.05, 0) is 63.8 Å². The lowest BCUT2D eigenvalue weighted by Crippen LogP contribution is -2.38. The molecule has 0 radical (unpaired) electrons. The van der Waals surface area contributed by atoms with Crippen LogP contribution in [0.2, 0.25) is 0 Å². The van der Waals surface area contributed by atoms with Gasteiger partial charge in [-0.25, -0.2) is 4.79 Å². The maximum atomic E-state index is 12.3. The average molecular weight is 304 g/mol. The van der Waals surface area contributed by atoms with Crippen LogP contribution in [0.3, 0.4) is 0 Å². The number of aliphatic hydroxyl groups excluding tert-OH is 1. The number of piperidine rings is 1. The van der Waals surface area contributed by atoms with Crippen molar-refractivity contribution in [3.05, 3.63) is 35.3 Å². The number of nitrogens with zero attached hydrogens (tertiary/aromatic N) is 2. The van der Waals surface area contributed by atoms with Gasteiger partial charge in [0.2, 0.25) is 0 Å². The molecule has 1 aromatic rings. The molecule has 0 aliphatic carbocycles. The summed E-state index contributed by atoms with van der Waals surface area (Å²) in [4.78, 5) is 18.1. The van der Waals surface area contributed by atoms with Gasteiger partial charge in [-0.15, -0.1) is 0 Å². The molecule has 1 aliphatic heterocycles. The number of pyridine rings is 1. The van der Waals surface area contributed by atoms with Gasteiger partial charge in [0.25, 0.3) is 0 Å². The van der Waals surface area contributed by atoms with E-state index in [0.717, 1.165) is 30.5 Å². The number of carbonyl (C=O) groups excluding carboxylic acids is 1. The van der Waals surface area contributed by atoms with Crippen LogP contribution in [-0.2, 0) is 11.3 Å². The number of amides is 1. The van der Waals surface area contributed by atoms with Crippen molar-refractivity contribution in [1.82, 2.24) is 9.88 Å². The van der Waals surface area contributed by atoms with Crippen LogP contribution in [0.15, 0.2) is 24.0 Å². The summed E-state index contributed by atoms with van der Waals surface area (Å²) in [6.07, 6.45) is 6.23. The number of allylic oxidation sites excluding steroid dienone is 1. The zero-order chi connectivity index (χ0) is 16.2. The predicted molar refractivity (Wildman–Crippen MR) is 84.9 cm³/mol. The molecule has 1 fully saturated rings. The minimum Gasteiger partial charge on any atom is -0.443 e. The number of likely N-dealkylation sites (tertiary alicyclic amines) is 1. The molecule has 0 unspecified atom stereocenters. The Labute approximate surface area is 131 Å². The highest BCUT2D eigenvalue weighted by molar-refractivity contribution is 5.73. The molecule has 5 nitrogen and oxygen atoms in total. The first kappa shape index (κ1) is 16.5. The number of aromatic nitrogens is 1. The second-order valence-electron chi connectivity index (χ2n) is 6.46. The second kappa shape index (κ2) is 6.92. The Morgan fingerprint density at radius 1 is 1.45 bits per heavy atom. The summed E-state index contributed by atoms with van der Waals surface area (Å²) in [5.74, 6) is 0. The molecule has 1 amide bonds. The minimum absolute atomic E-state index is 0.0905. The fourth-order valence-corrected chi connectivity index (χ4v) is 2.40. The zero-order valence-corrected chi connectivity index (χ0v) is 13.5. The smallest absolute Gasteiger partial charge is 0.414 e. The molecule has 1 saturated heterocycles. The molecule has 2 rings (SSSR count). The molecule has 0 aromatic carbocycles. The summed E-state index contributed by atoms with van der Waals surface area (Å²) in [5, 5.41) is 9.17. The van der Waals surface area contributed by atoms with Crippen LogP contribution in [0.25, 0.3) is 6.08 Å². The van der Waals surface area contributed by atoms with Crippen molar-refractivity contribution in [2.45, 2.75) is 52.2 Å². The first-order valence-electron chi connectivity index (χ1n) is 7.66. The number of carbonyl (C=O) groups is 1. The summed E-state index contributed by atoms with van der Waals surface area (Å²) >= 11 is 0. The summed E-state index contributed by atoms with van der Waals surface area (Å²) in [7, 11) is 0. The lowest BCUT2D eigenvalue weighted by molar-refractivity contribution is 0.0289. The molecular formula is C17H24N2O3. The quantitative estimate of drug-likeness (QED) is 0.910. The van der Waals surface area contributed by atoms with E-state index in [1.165, 1.54) is 0 Å². The van der Waals surface area contributed by atoms with E-state index < -0.39 is 5.60 Å². The van der Waals surface area contributed by atoms with Crippen molar-refractivity contribution in [2.75, 3.05) is 6.54 Å². The lowest BCUT2D eigenvalue weighted by Gasteiger charge is -2.32. The van der Waals surface area contributed by atoms with Crippen LogP contribution in [0, 0.1) is 0 Å². The van der Waals surface area contributed by atoms with Crippen LogP contribution in [0.1, 0.15) is 51.3 Å². The third-order valence-electron chi connectivity index (χ3n) is 3.36. The highest BCUT2D eigenvalue weighted by Crippen LogP contribution is 2.25. The number of hydrogen-bond acceptors (Lipinski definition) is 4. The Bertz CT molecular complexity index is 561. The van der Waals surface area contributed by atoms with E-state index in [9.17, 15) is 4.79 Å². The van der Waals surface area contributed by atoms with Gasteiger partial charge in [0, 0.05) is 18.4 Å². The van der Waals surface area contributed by atoms with Crippen molar-refractivity contribution >= 4 is 12.2 Å². The molecule has 0 spiro atoms. The van der Waals surface area contributed by atoms with E-state index in [1.807, 2.05) is 39.0 Å². The Morgan fingerprint density at radius 3 is 2.91 bits per heavy atom. The highest BCUT2D eigenvalue weighted by Gasteiger charge is 2.26. The highest BCUT2D eigenvalue weighted by atomic mass is 16.6. The van der Waals surface area contributed by atoms with Gasteiger partial charge in [0.1, 0.15) is 5.60 Å². The summed E-state index contributed by atoms with van der Waals surface area (Å²) in [5.41, 5.74) is 2.01. The summed E-state index contributed by atoms with van der Waals surface area (Å²) in [6.45, 7) is 6.20. The van der Waals surface area contributed by atoms with Crippen LogP contribution < -0.4 is 0 Å². The van der Waals surface area contributed by atoms with Gasteiger partial charge >= 0.3 is 6.09 Å². The fourth-order valence-electron chi connectivity index (χ4n) is 2.40. The molecule has 1 N–H and O–H groups in total. The van der Waals surface area contributed by atoms with Crippen LogP contribution >= 0.6 is 0 Å². The van der Waals surface area contributed by atoms with E-state index in [0.29, 0.717) is 12.2 Å². The molecular weight excluding hydrogens is 280 g/mol. The first-order chi connectivity index (χ1) is 10.4. The van der Waals surface area contributed by atoms with E-state index in [-0.39, 0.29) is 12.7 Å². The van der Waals surface area contributed by atoms with E-state index in [4.69, 9.17) is 9.84 Å². The molecule has 1 aliphatic rings. The maximum absolute atomic E-state index is 12.3. The van der Waals surface area contributed by atoms with E-state index in [1.54, 1.807) is 11.1 Å². The number of hydrogen-bond donors (Lipinski definition) is 1. The van der Waals surface area contributed by atoms with Gasteiger partial charge in [-0.1, -0.05) is 0 Å². The summed E-state index contributed by atoms with van der Waals surface area (Å²) in [6, 6.07) is 3.70. The van der Waals surface area contributed by atoms with Gasteiger partial charge in [0.05, 0.1) is 12.3 Å². The maximum Gasteiger partial charge on any atom is 0.414 e. The average Bonchev–Trinajstić information content (AvgIpc) is 2.46. The SMILES string of the molecule is CC(C)(C)OC(=O)N1CCCCC1=Cc1ccnc(CO)c1. The van der Waals surface area contributed by atoms with Gasteiger partial charge in [-0.2, -0.15) is 0 Å². The Morgan fingerprint density at radius 2 is 2.23 bits per heavy atom. The lowest BCUT2D eigenvalue weighted by atomic mass is 10.0. The van der Waals surface area contributed by atoms with Crippen molar-refractivity contribution in [2.24, 2.45) is 0 Å². The topological polar surface area (TPSA) is 62.7 Å². The Hall–Kier alpha value is -1.88. The molecule has 2 heterocycles. The monoisotopic (exact) mass is 304 g/mol.